The van der Waals surface area contributed by atoms with Crippen LogP contribution in [0.2, 0.25) is 0 Å². The number of benzene rings is 3. The fourth-order valence-corrected chi connectivity index (χ4v) is 3.49. The lowest BCUT2D eigenvalue weighted by Gasteiger charge is -2.14. The van der Waals surface area contributed by atoms with E-state index in [2.05, 4.69) is 21.2 Å². The summed E-state index contributed by atoms with van der Waals surface area (Å²) < 4.78 is 25.6. The minimum Gasteiger partial charge on any atom is -0.493 e. The fraction of sp³-hybridized carbons (Fsp3) is 0.120. The second-order valence-electron chi connectivity index (χ2n) is 6.87. The van der Waals surface area contributed by atoms with Gasteiger partial charge in [-0.25, -0.2) is 4.39 Å². The molecular formula is C25H21BrFNO4. The Kier molecular flexibility index (Phi) is 7.78. The van der Waals surface area contributed by atoms with Crippen LogP contribution in [-0.4, -0.2) is 18.8 Å². The molecule has 0 fully saturated rings. The van der Waals surface area contributed by atoms with Crippen LogP contribution in [0.5, 0.6) is 11.5 Å². The zero-order chi connectivity index (χ0) is 23.1. The van der Waals surface area contributed by atoms with Gasteiger partial charge in [-0.2, -0.15) is 0 Å². The Morgan fingerprint density at radius 3 is 2.59 bits per heavy atom. The van der Waals surface area contributed by atoms with Crippen molar-refractivity contribution in [2.24, 2.45) is 0 Å². The Morgan fingerprint density at radius 1 is 1.09 bits per heavy atom. The van der Waals surface area contributed by atoms with Gasteiger partial charge in [-0.15, -0.1) is 0 Å². The Morgan fingerprint density at radius 2 is 1.88 bits per heavy atom. The largest absolute Gasteiger partial charge is 0.493 e. The number of hydrogen-bond donors (Lipinski definition) is 1. The van der Waals surface area contributed by atoms with Crippen LogP contribution in [-0.2, 0) is 11.4 Å². The molecule has 0 saturated carbocycles. The predicted molar refractivity (Wildman–Crippen MR) is 126 cm³/mol. The summed E-state index contributed by atoms with van der Waals surface area (Å²) in [6.45, 7) is 1.51. The van der Waals surface area contributed by atoms with E-state index in [1.54, 1.807) is 60.7 Å². The average Bonchev–Trinajstić information content (AvgIpc) is 2.77. The van der Waals surface area contributed by atoms with Gasteiger partial charge in [0.1, 0.15) is 12.4 Å². The number of hydrogen-bond acceptors (Lipinski definition) is 4. The predicted octanol–water partition coefficient (Wildman–Crippen LogP) is 6.03. The zero-order valence-corrected chi connectivity index (χ0v) is 19.1. The van der Waals surface area contributed by atoms with Crippen LogP contribution in [0.3, 0.4) is 0 Å². The summed E-state index contributed by atoms with van der Waals surface area (Å²) in [5, 5.41) is 2.72. The topological polar surface area (TPSA) is 64.6 Å². The highest BCUT2D eigenvalue weighted by Gasteiger charge is 2.12. The van der Waals surface area contributed by atoms with Gasteiger partial charge in [0.15, 0.2) is 17.3 Å². The van der Waals surface area contributed by atoms with Crippen LogP contribution in [0.25, 0.3) is 6.08 Å². The summed E-state index contributed by atoms with van der Waals surface area (Å²) in [5.41, 5.74) is 2.17. The number of rotatable bonds is 8. The fourth-order valence-electron chi connectivity index (χ4n) is 2.91. The summed E-state index contributed by atoms with van der Waals surface area (Å²) in [6, 6.07) is 16.6. The van der Waals surface area contributed by atoms with E-state index in [0.717, 1.165) is 0 Å². The number of ketones is 1. The van der Waals surface area contributed by atoms with Gasteiger partial charge in [0.25, 0.3) is 0 Å². The number of halogens is 2. The van der Waals surface area contributed by atoms with Crippen molar-refractivity contribution in [1.29, 1.82) is 0 Å². The van der Waals surface area contributed by atoms with Crippen molar-refractivity contribution in [3.05, 3.63) is 93.7 Å². The minimum absolute atomic E-state index is 0.0402. The van der Waals surface area contributed by atoms with E-state index >= 15 is 0 Å². The van der Waals surface area contributed by atoms with E-state index in [9.17, 15) is 14.0 Å². The van der Waals surface area contributed by atoms with Gasteiger partial charge in [0.2, 0.25) is 5.91 Å². The number of methoxy groups -OCH3 is 1. The first-order valence-corrected chi connectivity index (χ1v) is 10.5. The van der Waals surface area contributed by atoms with Gasteiger partial charge < -0.3 is 14.8 Å². The van der Waals surface area contributed by atoms with Crippen LogP contribution in [0.1, 0.15) is 28.4 Å². The first-order valence-electron chi connectivity index (χ1n) is 9.71. The molecule has 7 heteroatoms. The first kappa shape index (κ1) is 23.2. The summed E-state index contributed by atoms with van der Waals surface area (Å²) in [5.74, 6) is 0.0943. The molecule has 0 aromatic heterocycles. The molecule has 0 aliphatic rings. The van der Waals surface area contributed by atoms with Crippen LogP contribution in [0.4, 0.5) is 10.1 Å². The minimum atomic E-state index is -0.347. The van der Waals surface area contributed by atoms with Gasteiger partial charge in [-0.05, 0) is 64.8 Å². The maximum atomic E-state index is 13.8. The van der Waals surface area contributed by atoms with Crippen molar-refractivity contribution in [1.82, 2.24) is 0 Å². The number of Topliss-reactive ketones (excluding diaryl/α,β-unsaturated/α-hetero) is 1. The van der Waals surface area contributed by atoms with Crippen LogP contribution in [0, 0.1) is 5.82 Å². The summed E-state index contributed by atoms with van der Waals surface area (Å²) in [7, 11) is 1.50. The summed E-state index contributed by atoms with van der Waals surface area (Å²) in [6.07, 6.45) is 3.00. The van der Waals surface area contributed by atoms with Crippen LogP contribution >= 0.6 is 15.9 Å². The van der Waals surface area contributed by atoms with Gasteiger partial charge in [-0.3, -0.25) is 9.59 Å². The molecule has 5 nitrogen and oxygen atoms in total. The van der Waals surface area contributed by atoms with E-state index < -0.39 is 0 Å². The molecule has 3 rings (SSSR count). The third-order valence-electron chi connectivity index (χ3n) is 4.55. The van der Waals surface area contributed by atoms with E-state index in [0.29, 0.717) is 38.3 Å². The molecule has 0 aliphatic heterocycles. The molecule has 0 bridgehead atoms. The molecule has 0 heterocycles. The third kappa shape index (κ3) is 6.04. The summed E-state index contributed by atoms with van der Waals surface area (Å²) >= 11 is 3.45. The molecule has 3 aromatic carbocycles. The van der Waals surface area contributed by atoms with Crippen molar-refractivity contribution in [3.8, 4) is 11.5 Å². The van der Waals surface area contributed by atoms with Crippen molar-refractivity contribution in [3.63, 3.8) is 0 Å². The number of amides is 1. The standard InChI is InChI=1S/C25H21BrFNO4/c1-16(29)18-7-5-8-20(14-18)28-24(30)11-10-17-12-21(26)25(23(13-17)31-2)32-15-19-6-3-4-9-22(19)27/h3-14H,15H2,1-2H3,(H,28,30)/b11-10+. The van der Waals surface area contributed by atoms with Gasteiger partial charge in [0.05, 0.1) is 11.6 Å². The average molecular weight is 498 g/mol. The van der Waals surface area contributed by atoms with Crippen molar-refractivity contribution >= 4 is 39.4 Å². The van der Waals surface area contributed by atoms with E-state index in [1.165, 1.54) is 26.2 Å². The molecule has 32 heavy (non-hydrogen) atoms. The van der Waals surface area contributed by atoms with Gasteiger partial charge in [0, 0.05) is 22.9 Å². The first-order chi connectivity index (χ1) is 15.4. The Bertz CT molecular complexity index is 1180. The molecule has 0 aliphatic carbocycles. The van der Waals surface area contributed by atoms with Crippen LogP contribution in [0.15, 0.2) is 71.2 Å². The summed E-state index contributed by atoms with van der Waals surface area (Å²) in [4.78, 5) is 23.8. The Labute approximate surface area is 194 Å². The molecule has 0 radical (unpaired) electrons. The van der Waals surface area contributed by atoms with Crippen molar-refractivity contribution < 1.29 is 23.5 Å². The third-order valence-corrected chi connectivity index (χ3v) is 5.13. The van der Waals surface area contributed by atoms with E-state index in [-0.39, 0.29) is 24.1 Å². The SMILES string of the molecule is COc1cc(/C=C/C(=O)Nc2cccc(C(C)=O)c2)cc(Br)c1OCc1ccccc1F. The molecule has 0 atom stereocenters. The maximum Gasteiger partial charge on any atom is 0.248 e. The quantitative estimate of drug-likeness (QED) is 0.304. The molecule has 1 amide bonds. The number of carbonyl (C=O) groups excluding carboxylic acids is 2. The number of carbonyl (C=O) groups is 2. The highest BCUT2D eigenvalue weighted by Crippen LogP contribution is 2.37. The van der Waals surface area contributed by atoms with Crippen molar-refractivity contribution in [2.45, 2.75) is 13.5 Å². The highest BCUT2D eigenvalue weighted by molar-refractivity contribution is 9.10. The molecular weight excluding hydrogens is 477 g/mol. The van der Waals surface area contributed by atoms with E-state index in [1.807, 2.05) is 0 Å². The number of nitrogens with one attached hydrogen (secondary N) is 1. The smallest absolute Gasteiger partial charge is 0.248 e. The second kappa shape index (κ2) is 10.7. The highest BCUT2D eigenvalue weighted by atomic mass is 79.9. The molecule has 3 aromatic rings. The van der Waals surface area contributed by atoms with Gasteiger partial charge >= 0.3 is 0 Å². The maximum absolute atomic E-state index is 13.8. The molecule has 1 N–H and O–H groups in total. The lowest BCUT2D eigenvalue weighted by molar-refractivity contribution is -0.111. The number of anilines is 1. The Hall–Kier alpha value is -3.45. The van der Waals surface area contributed by atoms with Gasteiger partial charge in [-0.1, -0.05) is 30.3 Å². The molecule has 164 valence electrons. The molecule has 0 unspecified atom stereocenters. The van der Waals surface area contributed by atoms with Crippen LogP contribution < -0.4 is 14.8 Å². The lowest BCUT2D eigenvalue weighted by atomic mass is 10.1. The Balaban J connectivity index is 1.71. The monoisotopic (exact) mass is 497 g/mol. The van der Waals surface area contributed by atoms with Crippen molar-refractivity contribution in [2.75, 3.05) is 12.4 Å². The normalized spacial score (nSPS) is 10.8. The molecule has 0 saturated heterocycles. The van der Waals surface area contributed by atoms with E-state index in [4.69, 9.17) is 9.47 Å². The lowest BCUT2D eigenvalue weighted by Crippen LogP contribution is -2.08. The second-order valence-corrected chi connectivity index (χ2v) is 7.73. The zero-order valence-electron chi connectivity index (χ0n) is 17.5. The molecule has 0 spiro atoms. The number of ether oxygens (including phenoxy) is 2.